The van der Waals surface area contributed by atoms with E-state index < -0.39 is 0 Å². The van der Waals surface area contributed by atoms with Crippen LogP contribution in [-0.4, -0.2) is 5.16 Å². The van der Waals surface area contributed by atoms with Crippen molar-refractivity contribution in [1.29, 1.82) is 0 Å². The first-order valence-electron chi connectivity index (χ1n) is 4.44. The molecule has 4 nitrogen and oxygen atoms in total. The largest absolute Gasteiger partial charge is 0.397 e. The van der Waals surface area contributed by atoms with Crippen LogP contribution in [0.5, 0.6) is 0 Å². The molecule has 0 atom stereocenters. The van der Waals surface area contributed by atoms with Gasteiger partial charge in [0.1, 0.15) is 0 Å². The summed E-state index contributed by atoms with van der Waals surface area (Å²) < 4.78 is 5.92. The summed E-state index contributed by atoms with van der Waals surface area (Å²) in [4.78, 5) is 0. The molecular formula is C10H10BrN3O. The molecule has 1 aromatic carbocycles. The predicted molar refractivity (Wildman–Crippen MR) is 62.4 cm³/mol. The Morgan fingerprint density at radius 2 is 2.27 bits per heavy atom. The Bertz CT molecular complexity index is 442. The van der Waals surface area contributed by atoms with E-state index in [1.54, 1.807) is 6.20 Å². The highest BCUT2D eigenvalue weighted by atomic mass is 79.9. The van der Waals surface area contributed by atoms with Crippen molar-refractivity contribution in [2.24, 2.45) is 0 Å². The lowest BCUT2D eigenvalue weighted by molar-refractivity contribution is 0.388. The minimum Gasteiger partial charge on any atom is -0.397 e. The maximum absolute atomic E-state index is 5.82. The molecule has 2 rings (SSSR count). The summed E-state index contributed by atoms with van der Waals surface area (Å²) in [6.07, 6.45) is 1.61. The van der Waals surface area contributed by atoms with Crippen LogP contribution in [0.4, 0.5) is 11.4 Å². The molecule has 78 valence electrons. The molecule has 0 radical (unpaired) electrons. The Hall–Kier alpha value is -1.49. The van der Waals surface area contributed by atoms with Gasteiger partial charge in [0.15, 0.2) is 5.76 Å². The molecule has 5 heteroatoms. The van der Waals surface area contributed by atoms with Gasteiger partial charge >= 0.3 is 0 Å². The average molecular weight is 268 g/mol. The number of halogens is 1. The molecular weight excluding hydrogens is 258 g/mol. The number of hydrogen-bond acceptors (Lipinski definition) is 4. The zero-order chi connectivity index (χ0) is 10.7. The van der Waals surface area contributed by atoms with Gasteiger partial charge in [-0.25, -0.2) is 0 Å². The van der Waals surface area contributed by atoms with Crippen molar-refractivity contribution in [3.63, 3.8) is 0 Å². The molecule has 0 aliphatic carbocycles. The normalized spacial score (nSPS) is 10.2. The molecule has 0 saturated heterocycles. The first-order valence-corrected chi connectivity index (χ1v) is 5.23. The lowest BCUT2D eigenvalue weighted by atomic mass is 10.2. The average Bonchev–Trinajstić information content (AvgIpc) is 2.69. The van der Waals surface area contributed by atoms with Crippen LogP contribution in [0.25, 0.3) is 0 Å². The first-order chi connectivity index (χ1) is 7.25. The Morgan fingerprint density at radius 3 is 2.93 bits per heavy atom. The zero-order valence-corrected chi connectivity index (χ0v) is 9.49. The lowest BCUT2D eigenvalue weighted by Crippen LogP contribution is -2.01. The van der Waals surface area contributed by atoms with E-state index in [4.69, 9.17) is 10.3 Å². The standard InChI is InChI=1S/C10H10BrN3O/c11-7-1-2-10(9(12)5-7)13-6-8-3-4-14-15-8/h1-5,13H,6,12H2. The SMILES string of the molecule is Nc1cc(Br)ccc1NCc1ccno1. The number of nitrogen functional groups attached to an aromatic ring is 1. The molecule has 0 bridgehead atoms. The number of anilines is 2. The van der Waals surface area contributed by atoms with Gasteiger partial charge in [0.25, 0.3) is 0 Å². The monoisotopic (exact) mass is 267 g/mol. The van der Waals surface area contributed by atoms with E-state index in [1.807, 2.05) is 24.3 Å². The molecule has 0 aliphatic heterocycles. The van der Waals surface area contributed by atoms with Gasteiger partial charge in [-0.05, 0) is 18.2 Å². The van der Waals surface area contributed by atoms with Crippen LogP contribution in [0, 0.1) is 0 Å². The molecule has 0 spiro atoms. The topological polar surface area (TPSA) is 64.1 Å². The van der Waals surface area contributed by atoms with Crippen LogP contribution in [0.15, 0.2) is 39.5 Å². The lowest BCUT2D eigenvalue weighted by Gasteiger charge is -2.07. The first kappa shape index (κ1) is 10.0. The van der Waals surface area contributed by atoms with E-state index >= 15 is 0 Å². The third-order valence-electron chi connectivity index (χ3n) is 1.96. The summed E-state index contributed by atoms with van der Waals surface area (Å²) in [7, 11) is 0. The van der Waals surface area contributed by atoms with Crippen LogP contribution in [0.2, 0.25) is 0 Å². The Labute approximate surface area is 95.6 Å². The van der Waals surface area contributed by atoms with Gasteiger partial charge in [0.2, 0.25) is 0 Å². The van der Waals surface area contributed by atoms with Crippen molar-refractivity contribution in [2.75, 3.05) is 11.1 Å². The Morgan fingerprint density at radius 1 is 1.40 bits per heavy atom. The third kappa shape index (κ3) is 2.50. The molecule has 0 fully saturated rings. The Balaban J connectivity index is 2.05. The van der Waals surface area contributed by atoms with E-state index in [0.717, 1.165) is 15.9 Å². The maximum atomic E-state index is 5.82. The second-order valence-electron chi connectivity index (χ2n) is 3.06. The second-order valence-corrected chi connectivity index (χ2v) is 3.98. The van der Waals surface area contributed by atoms with Crippen LogP contribution in [0.1, 0.15) is 5.76 Å². The number of rotatable bonds is 3. The number of nitrogens with two attached hydrogens (primary N) is 1. The highest BCUT2D eigenvalue weighted by Gasteiger charge is 2.01. The van der Waals surface area contributed by atoms with Crippen molar-refractivity contribution in [2.45, 2.75) is 6.54 Å². The van der Waals surface area contributed by atoms with Gasteiger partial charge in [-0.1, -0.05) is 21.1 Å². The quantitative estimate of drug-likeness (QED) is 0.840. The molecule has 0 amide bonds. The molecule has 1 aromatic heterocycles. The molecule has 15 heavy (non-hydrogen) atoms. The molecule has 0 unspecified atom stereocenters. The fraction of sp³-hybridized carbons (Fsp3) is 0.100. The van der Waals surface area contributed by atoms with Gasteiger partial charge in [-0.2, -0.15) is 0 Å². The smallest absolute Gasteiger partial charge is 0.155 e. The molecule has 0 saturated carbocycles. The van der Waals surface area contributed by atoms with Gasteiger partial charge < -0.3 is 15.6 Å². The summed E-state index contributed by atoms with van der Waals surface area (Å²) >= 11 is 3.35. The minimum atomic E-state index is 0.575. The third-order valence-corrected chi connectivity index (χ3v) is 2.45. The van der Waals surface area contributed by atoms with E-state index in [-0.39, 0.29) is 0 Å². The number of aromatic nitrogens is 1. The minimum absolute atomic E-state index is 0.575. The van der Waals surface area contributed by atoms with Crippen molar-refractivity contribution >= 4 is 27.3 Å². The highest BCUT2D eigenvalue weighted by molar-refractivity contribution is 9.10. The number of benzene rings is 1. The van der Waals surface area contributed by atoms with Crippen molar-refractivity contribution < 1.29 is 4.52 Å². The number of hydrogen-bond donors (Lipinski definition) is 2. The van der Waals surface area contributed by atoms with Gasteiger partial charge in [-0.3, -0.25) is 0 Å². The highest BCUT2D eigenvalue weighted by Crippen LogP contribution is 2.23. The zero-order valence-electron chi connectivity index (χ0n) is 7.90. The molecule has 1 heterocycles. The van der Waals surface area contributed by atoms with Gasteiger partial charge in [0.05, 0.1) is 24.1 Å². The molecule has 0 aliphatic rings. The van der Waals surface area contributed by atoms with Crippen LogP contribution >= 0.6 is 15.9 Å². The van der Waals surface area contributed by atoms with Crippen LogP contribution in [0.3, 0.4) is 0 Å². The van der Waals surface area contributed by atoms with Gasteiger partial charge in [-0.15, -0.1) is 0 Å². The summed E-state index contributed by atoms with van der Waals surface area (Å²) in [6, 6.07) is 7.50. The fourth-order valence-electron chi connectivity index (χ4n) is 1.21. The van der Waals surface area contributed by atoms with E-state index in [2.05, 4.69) is 26.4 Å². The van der Waals surface area contributed by atoms with Crippen molar-refractivity contribution in [3.8, 4) is 0 Å². The Kier molecular flexibility index (Phi) is 2.91. The van der Waals surface area contributed by atoms with Gasteiger partial charge in [0, 0.05) is 10.5 Å². The number of nitrogens with zero attached hydrogens (tertiary/aromatic N) is 1. The van der Waals surface area contributed by atoms with Crippen LogP contribution in [-0.2, 0) is 6.54 Å². The van der Waals surface area contributed by atoms with E-state index in [1.165, 1.54) is 0 Å². The molecule has 3 N–H and O–H groups in total. The fourth-order valence-corrected chi connectivity index (χ4v) is 1.59. The number of nitrogens with one attached hydrogen (secondary N) is 1. The predicted octanol–water partition coefficient (Wildman–Crippen LogP) is 2.63. The summed E-state index contributed by atoms with van der Waals surface area (Å²) in [5, 5.41) is 6.78. The summed E-state index contributed by atoms with van der Waals surface area (Å²) in [6.45, 7) is 0.575. The summed E-state index contributed by atoms with van der Waals surface area (Å²) in [5.74, 6) is 0.775. The van der Waals surface area contributed by atoms with Crippen LogP contribution < -0.4 is 11.1 Å². The maximum Gasteiger partial charge on any atom is 0.155 e. The van der Waals surface area contributed by atoms with Crippen molar-refractivity contribution in [1.82, 2.24) is 5.16 Å². The van der Waals surface area contributed by atoms with E-state index in [0.29, 0.717) is 12.2 Å². The summed E-state index contributed by atoms with van der Waals surface area (Å²) in [5.41, 5.74) is 7.40. The molecule has 2 aromatic rings. The second kappa shape index (κ2) is 4.35. The van der Waals surface area contributed by atoms with Crippen molar-refractivity contribution in [3.05, 3.63) is 40.7 Å². The van der Waals surface area contributed by atoms with E-state index in [9.17, 15) is 0 Å².